The highest BCUT2D eigenvalue weighted by atomic mass is 28.3. The molecule has 0 bridgehead atoms. The van der Waals surface area contributed by atoms with E-state index < -0.39 is 27.1 Å². The smallest absolute Gasteiger partial charge is 0.333 e. The van der Waals surface area contributed by atoms with Crippen LogP contribution in [0.5, 0.6) is 0 Å². The van der Waals surface area contributed by atoms with Gasteiger partial charge in [-0.2, -0.15) is 0 Å². The Morgan fingerprint density at radius 3 is 2.40 bits per heavy atom. The van der Waals surface area contributed by atoms with Gasteiger partial charge in [0.2, 0.25) is 0 Å². The monoisotopic (exact) mass is 300 g/mol. The van der Waals surface area contributed by atoms with Gasteiger partial charge in [-0.15, -0.1) is 0 Å². The lowest BCUT2D eigenvalue weighted by atomic mass is 10.3. The SMILES string of the molecule is C=CC(=O)OCC(COC(=O)C(=C)C)O[SiH](C)CCC. The van der Waals surface area contributed by atoms with E-state index in [0.717, 1.165) is 18.5 Å². The van der Waals surface area contributed by atoms with E-state index in [-0.39, 0.29) is 13.2 Å². The minimum absolute atomic E-state index is 0.0510. The topological polar surface area (TPSA) is 61.8 Å². The number of ether oxygens (including phenoxy) is 2. The third-order valence-electron chi connectivity index (χ3n) is 2.45. The van der Waals surface area contributed by atoms with Gasteiger partial charge >= 0.3 is 11.9 Å². The van der Waals surface area contributed by atoms with Crippen molar-refractivity contribution in [2.45, 2.75) is 39.0 Å². The van der Waals surface area contributed by atoms with Crippen LogP contribution in [0.4, 0.5) is 0 Å². The second kappa shape index (κ2) is 10.4. The van der Waals surface area contributed by atoms with Crippen LogP contribution in [0.3, 0.4) is 0 Å². The van der Waals surface area contributed by atoms with E-state index in [0.29, 0.717) is 5.57 Å². The molecule has 0 N–H and O–H groups in total. The normalized spacial score (nSPS) is 13.2. The molecule has 0 radical (unpaired) electrons. The lowest BCUT2D eigenvalue weighted by Gasteiger charge is -2.21. The fraction of sp³-hybridized carbons (Fsp3) is 0.571. The average molecular weight is 300 g/mol. The van der Waals surface area contributed by atoms with E-state index >= 15 is 0 Å². The lowest BCUT2D eigenvalue weighted by molar-refractivity contribution is -0.146. The quantitative estimate of drug-likeness (QED) is 0.351. The van der Waals surface area contributed by atoms with Crippen molar-refractivity contribution < 1.29 is 23.5 Å². The lowest BCUT2D eigenvalue weighted by Crippen LogP contribution is -2.33. The highest BCUT2D eigenvalue weighted by Gasteiger charge is 2.18. The predicted octanol–water partition coefficient (Wildman–Crippen LogP) is 1.98. The molecule has 0 aromatic rings. The van der Waals surface area contributed by atoms with Crippen molar-refractivity contribution in [2.75, 3.05) is 13.2 Å². The van der Waals surface area contributed by atoms with Crippen LogP contribution in [0.15, 0.2) is 24.8 Å². The molecule has 0 heterocycles. The van der Waals surface area contributed by atoms with Gasteiger partial charge in [-0.05, 0) is 19.5 Å². The third kappa shape index (κ3) is 8.66. The molecule has 114 valence electrons. The van der Waals surface area contributed by atoms with Crippen molar-refractivity contribution in [1.29, 1.82) is 0 Å². The van der Waals surface area contributed by atoms with E-state index in [4.69, 9.17) is 13.9 Å². The molecule has 0 amide bonds. The minimum atomic E-state index is -1.35. The molecule has 0 saturated carbocycles. The van der Waals surface area contributed by atoms with Gasteiger partial charge in [-0.25, -0.2) is 9.59 Å². The minimum Gasteiger partial charge on any atom is -0.460 e. The van der Waals surface area contributed by atoms with Gasteiger partial charge in [0.1, 0.15) is 19.3 Å². The molecule has 2 unspecified atom stereocenters. The summed E-state index contributed by atoms with van der Waals surface area (Å²) in [5, 5.41) is 0. The first-order chi connectivity index (χ1) is 9.40. The molecule has 5 nitrogen and oxygen atoms in total. The summed E-state index contributed by atoms with van der Waals surface area (Å²) in [5.74, 6) is -0.993. The van der Waals surface area contributed by atoms with Gasteiger partial charge in [-0.1, -0.05) is 26.5 Å². The molecule has 0 aliphatic rings. The maximum absolute atomic E-state index is 11.4. The highest BCUT2D eigenvalue weighted by Crippen LogP contribution is 2.06. The molecule has 2 atom stereocenters. The molecule has 0 aliphatic carbocycles. The molecular formula is C14H24O5Si. The van der Waals surface area contributed by atoms with Crippen molar-refractivity contribution >= 4 is 21.0 Å². The molecule has 20 heavy (non-hydrogen) atoms. The molecule has 0 aromatic carbocycles. The second-order valence-corrected chi connectivity index (χ2v) is 7.04. The van der Waals surface area contributed by atoms with Crippen molar-refractivity contribution in [3.63, 3.8) is 0 Å². The van der Waals surface area contributed by atoms with Crippen LogP contribution in [-0.2, 0) is 23.5 Å². The van der Waals surface area contributed by atoms with Crippen LogP contribution in [0, 0.1) is 0 Å². The van der Waals surface area contributed by atoms with Gasteiger partial charge in [0.25, 0.3) is 0 Å². The van der Waals surface area contributed by atoms with Crippen LogP contribution >= 0.6 is 0 Å². The first-order valence-corrected chi connectivity index (χ1v) is 9.12. The Labute approximate surface area is 122 Å². The summed E-state index contributed by atoms with van der Waals surface area (Å²) in [6.07, 6.45) is 1.69. The molecular weight excluding hydrogens is 276 g/mol. The van der Waals surface area contributed by atoms with Crippen LogP contribution < -0.4 is 0 Å². The van der Waals surface area contributed by atoms with E-state index in [2.05, 4.69) is 26.6 Å². The van der Waals surface area contributed by atoms with E-state index in [9.17, 15) is 9.59 Å². The molecule has 0 spiro atoms. The van der Waals surface area contributed by atoms with Crippen molar-refractivity contribution in [2.24, 2.45) is 0 Å². The summed E-state index contributed by atoms with van der Waals surface area (Å²) in [6.45, 7) is 12.7. The highest BCUT2D eigenvalue weighted by molar-refractivity contribution is 6.50. The zero-order valence-electron chi connectivity index (χ0n) is 12.5. The number of hydrogen-bond acceptors (Lipinski definition) is 5. The Hall–Kier alpha value is -1.40. The Kier molecular flexibility index (Phi) is 9.66. The number of hydrogen-bond donors (Lipinski definition) is 0. The first-order valence-electron chi connectivity index (χ1n) is 6.67. The standard InChI is InChI=1S/C14H24O5Si/c1-6-8-20(5)19-12(9-17-13(15)7-2)10-18-14(16)11(3)4/h7,12,20H,2-3,6,8-10H2,1,4-5H3. The number of rotatable bonds is 10. The Morgan fingerprint density at radius 1 is 1.30 bits per heavy atom. The fourth-order valence-electron chi connectivity index (χ4n) is 1.46. The zero-order valence-corrected chi connectivity index (χ0v) is 13.7. The summed E-state index contributed by atoms with van der Waals surface area (Å²) in [5.41, 5.74) is 0.325. The third-order valence-corrected chi connectivity index (χ3v) is 4.69. The first kappa shape index (κ1) is 18.6. The van der Waals surface area contributed by atoms with Crippen LogP contribution in [0.25, 0.3) is 0 Å². The van der Waals surface area contributed by atoms with Gasteiger partial charge < -0.3 is 13.9 Å². The molecule has 6 heteroatoms. The predicted molar refractivity (Wildman–Crippen MR) is 79.9 cm³/mol. The van der Waals surface area contributed by atoms with E-state index in [1.165, 1.54) is 0 Å². The van der Waals surface area contributed by atoms with Crippen LogP contribution in [0.2, 0.25) is 12.6 Å². The molecule has 0 fully saturated rings. The summed E-state index contributed by atoms with van der Waals surface area (Å²) in [7, 11) is -1.35. The van der Waals surface area contributed by atoms with Crippen LogP contribution in [0.1, 0.15) is 20.3 Å². The Balaban J connectivity index is 4.37. The molecule has 0 aliphatic heterocycles. The number of carbonyl (C=O) groups is 2. The van der Waals surface area contributed by atoms with Gasteiger partial charge in [-0.3, -0.25) is 0 Å². The van der Waals surface area contributed by atoms with Crippen molar-refractivity contribution in [1.82, 2.24) is 0 Å². The largest absolute Gasteiger partial charge is 0.460 e. The van der Waals surface area contributed by atoms with Crippen LogP contribution in [-0.4, -0.2) is 40.3 Å². The molecule has 0 saturated heterocycles. The Bertz CT molecular complexity index is 353. The molecule has 0 aromatic heterocycles. The summed E-state index contributed by atoms with van der Waals surface area (Å²) >= 11 is 0. The van der Waals surface area contributed by atoms with Gasteiger partial charge in [0, 0.05) is 11.6 Å². The van der Waals surface area contributed by atoms with E-state index in [1.54, 1.807) is 6.92 Å². The fourth-order valence-corrected chi connectivity index (χ4v) is 3.22. The molecule has 0 rings (SSSR count). The summed E-state index contributed by atoms with van der Waals surface area (Å²) < 4.78 is 15.8. The summed E-state index contributed by atoms with van der Waals surface area (Å²) in [6, 6.07) is 1.01. The zero-order chi connectivity index (χ0) is 15.5. The number of carbonyl (C=O) groups excluding carboxylic acids is 2. The van der Waals surface area contributed by atoms with E-state index in [1.807, 2.05) is 0 Å². The number of esters is 2. The van der Waals surface area contributed by atoms with Gasteiger partial charge in [0.05, 0.1) is 0 Å². The van der Waals surface area contributed by atoms with Crippen molar-refractivity contribution in [3.8, 4) is 0 Å². The summed E-state index contributed by atoms with van der Waals surface area (Å²) in [4.78, 5) is 22.4. The van der Waals surface area contributed by atoms with Crippen molar-refractivity contribution in [3.05, 3.63) is 24.8 Å². The second-order valence-electron chi connectivity index (χ2n) is 4.57. The Morgan fingerprint density at radius 2 is 1.90 bits per heavy atom. The maximum atomic E-state index is 11.4. The maximum Gasteiger partial charge on any atom is 0.333 e. The average Bonchev–Trinajstić information content (AvgIpc) is 2.40. The van der Waals surface area contributed by atoms with Gasteiger partial charge in [0.15, 0.2) is 9.04 Å².